The van der Waals surface area contributed by atoms with E-state index in [9.17, 15) is 4.79 Å². The molecule has 0 amide bonds. The number of pyridine rings is 1. The Morgan fingerprint density at radius 1 is 1.19 bits per heavy atom. The highest BCUT2D eigenvalue weighted by molar-refractivity contribution is 6.29. The minimum atomic E-state index is -0.400. The van der Waals surface area contributed by atoms with Gasteiger partial charge in [-0.25, -0.2) is 9.78 Å². The molecule has 0 bridgehead atoms. The van der Waals surface area contributed by atoms with E-state index in [0.717, 1.165) is 5.56 Å². The van der Waals surface area contributed by atoms with Gasteiger partial charge >= 0.3 is 5.97 Å². The molecule has 21 heavy (non-hydrogen) atoms. The Hall–Kier alpha value is -1.87. The molecule has 0 aliphatic rings. The van der Waals surface area contributed by atoms with Gasteiger partial charge in [-0.15, -0.1) is 0 Å². The first-order valence-electron chi connectivity index (χ1n) is 6.72. The molecule has 0 saturated heterocycles. The van der Waals surface area contributed by atoms with Gasteiger partial charge in [-0.1, -0.05) is 38.4 Å². The third kappa shape index (κ3) is 3.82. The lowest BCUT2D eigenvalue weighted by Crippen LogP contribution is -2.15. The Kier molecular flexibility index (Phi) is 4.33. The summed E-state index contributed by atoms with van der Waals surface area (Å²) in [6, 6.07) is 8.82. The number of aromatic nitrogens is 1. The quantitative estimate of drug-likeness (QED) is 0.603. The molecule has 110 valence electrons. The Morgan fingerprint density at radius 3 is 2.43 bits per heavy atom. The number of benzene rings is 1. The van der Waals surface area contributed by atoms with Crippen LogP contribution in [-0.4, -0.2) is 11.0 Å². The van der Waals surface area contributed by atoms with Crippen LogP contribution in [0.15, 0.2) is 36.5 Å². The summed E-state index contributed by atoms with van der Waals surface area (Å²) in [5.41, 5.74) is 2.86. The van der Waals surface area contributed by atoms with Gasteiger partial charge in [-0.2, -0.15) is 0 Å². The number of rotatable bonds is 2. The Morgan fingerprint density at radius 2 is 1.90 bits per heavy atom. The fraction of sp³-hybridized carbons (Fsp3) is 0.294. The van der Waals surface area contributed by atoms with Gasteiger partial charge in [-0.3, -0.25) is 0 Å². The van der Waals surface area contributed by atoms with Crippen LogP contribution < -0.4 is 4.74 Å². The second-order valence-corrected chi connectivity index (χ2v) is 6.37. The molecule has 1 aromatic heterocycles. The number of esters is 1. The summed E-state index contributed by atoms with van der Waals surface area (Å²) < 4.78 is 5.28. The number of aryl methyl sites for hydroxylation is 1. The molecule has 0 unspecified atom stereocenters. The zero-order valence-electron chi connectivity index (χ0n) is 12.6. The van der Waals surface area contributed by atoms with Crippen molar-refractivity contribution in [3.63, 3.8) is 0 Å². The van der Waals surface area contributed by atoms with E-state index in [1.807, 2.05) is 19.1 Å². The van der Waals surface area contributed by atoms with Crippen LogP contribution in [0, 0.1) is 6.92 Å². The lowest BCUT2D eigenvalue weighted by atomic mass is 9.83. The fourth-order valence-corrected chi connectivity index (χ4v) is 2.33. The summed E-state index contributed by atoms with van der Waals surface area (Å²) in [5, 5.41) is 0.361. The molecule has 0 fully saturated rings. The van der Waals surface area contributed by atoms with E-state index in [4.69, 9.17) is 16.3 Å². The monoisotopic (exact) mass is 303 g/mol. The third-order valence-corrected chi connectivity index (χ3v) is 3.40. The third-order valence-electron chi connectivity index (χ3n) is 3.18. The molecule has 1 heterocycles. The van der Waals surface area contributed by atoms with Gasteiger partial charge in [0.25, 0.3) is 0 Å². The molecule has 0 atom stereocenters. The van der Waals surface area contributed by atoms with Crippen molar-refractivity contribution in [2.45, 2.75) is 33.1 Å². The number of carbonyl (C=O) groups is 1. The molecule has 2 aromatic rings. The molecular weight excluding hydrogens is 286 g/mol. The smallest absolute Gasteiger partial charge is 0.343 e. The second-order valence-electron chi connectivity index (χ2n) is 5.99. The highest BCUT2D eigenvalue weighted by Gasteiger charge is 2.18. The van der Waals surface area contributed by atoms with E-state index in [0.29, 0.717) is 16.5 Å². The van der Waals surface area contributed by atoms with Crippen molar-refractivity contribution < 1.29 is 9.53 Å². The van der Waals surface area contributed by atoms with Crippen LogP contribution in [0.2, 0.25) is 5.15 Å². The average molecular weight is 304 g/mol. The molecule has 0 radical (unpaired) electrons. The van der Waals surface area contributed by atoms with Crippen molar-refractivity contribution in [1.82, 2.24) is 4.98 Å². The van der Waals surface area contributed by atoms with Crippen LogP contribution in [0.5, 0.6) is 5.75 Å². The van der Waals surface area contributed by atoms with E-state index in [1.54, 1.807) is 18.2 Å². The van der Waals surface area contributed by atoms with Crippen molar-refractivity contribution in [3.8, 4) is 5.75 Å². The van der Waals surface area contributed by atoms with E-state index < -0.39 is 5.97 Å². The van der Waals surface area contributed by atoms with Gasteiger partial charge in [0.15, 0.2) is 0 Å². The van der Waals surface area contributed by atoms with Gasteiger partial charge in [0.1, 0.15) is 10.9 Å². The number of ether oxygens (including phenoxy) is 1. The van der Waals surface area contributed by atoms with Crippen molar-refractivity contribution in [2.75, 3.05) is 0 Å². The SMILES string of the molecule is Cc1cc(C(=O)Oc2ccc(Cl)nc2)ccc1C(C)(C)C. The first-order valence-corrected chi connectivity index (χ1v) is 7.10. The molecule has 4 heteroatoms. The molecule has 3 nitrogen and oxygen atoms in total. The van der Waals surface area contributed by atoms with Crippen molar-refractivity contribution in [3.05, 3.63) is 58.4 Å². The van der Waals surface area contributed by atoms with Gasteiger partial charge < -0.3 is 4.74 Å². The van der Waals surface area contributed by atoms with E-state index in [-0.39, 0.29) is 5.41 Å². The maximum absolute atomic E-state index is 12.1. The first-order chi connectivity index (χ1) is 9.77. The normalized spacial score (nSPS) is 11.3. The lowest BCUT2D eigenvalue weighted by Gasteiger charge is -2.22. The van der Waals surface area contributed by atoms with Gasteiger partial charge in [0.2, 0.25) is 0 Å². The summed E-state index contributed by atoms with van der Waals surface area (Å²) in [4.78, 5) is 16.0. The van der Waals surface area contributed by atoms with Gasteiger partial charge in [-0.05, 0) is 47.7 Å². The minimum absolute atomic E-state index is 0.0482. The van der Waals surface area contributed by atoms with Crippen LogP contribution in [0.25, 0.3) is 0 Å². The summed E-state index contributed by atoms with van der Waals surface area (Å²) in [6.45, 7) is 8.44. The van der Waals surface area contributed by atoms with Crippen molar-refractivity contribution >= 4 is 17.6 Å². The standard InChI is InChI=1S/C17H18ClNO2/c1-11-9-12(5-7-14(11)17(2,3)4)16(20)21-13-6-8-15(18)19-10-13/h5-10H,1-4H3. The number of nitrogens with zero attached hydrogens (tertiary/aromatic N) is 1. The molecular formula is C17H18ClNO2. The molecule has 1 aromatic carbocycles. The maximum atomic E-state index is 12.1. The Bertz CT molecular complexity index is 657. The molecule has 2 rings (SSSR count). The summed E-state index contributed by atoms with van der Waals surface area (Å²) in [7, 11) is 0. The maximum Gasteiger partial charge on any atom is 0.343 e. The number of carbonyl (C=O) groups excluding carboxylic acids is 1. The lowest BCUT2D eigenvalue weighted by molar-refractivity contribution is 0.0734. The molecule has 0 N–H and O–H groups in total. The van der Waals surface area contributed by atoms with Gasteiger partial charge in [0, 0.05) is 0 Å². The Balaban J connectivity index is 2.20. The van der Waals surface area contributed by atoms with E-state index in [1.165, 1.54) is 11.8 Å². The number of halogens is 1. The Labute approximate surface area is 129 Å². The molecule has 0 aliphatic carbocycles. The summed E-state index contributed by atoms with van der Waals surface area (Å²) in [6.07, 6.45) is 1.43. The van der Waals surface area contributed by atoms with Crippen molar-refractivity contribution in [1.29, 1.82) is 0 Å². The van der Waals surface area contributed by atoms with Crippen LogP contribution in [0.3, 0.4) is 0 Å². The largest absolute Gasteiger partial charge is 0.421 e. The number of hydrogen-bond donors (Lipinski definition) is 0. The average Bonchev–Trinajstić information content (AvgIpc) is 2.39. The van der Waals surface area contributed by atoms with Crippen LogP contribution in [0.1, 0.15) is 42.3 Å². The fourth-order valence-electron chi connectivity index (χ4n) is 2.22. The van der Waals surface area contributed by atoms with Crippen LogP contribution >= 0.6 is 11.6 Å². The highest BCUT2D eigenvalue weighted by Crippen LogP contribution is 2.26. The predicted molar refractivity (Wildman–Crippen MR) is 84.1 cm³/mol. The van der Waals surface area contributed by atoms with Crippen LogP contribution in [0.4, 0.5) is 0 Å². The zero-order valence-corrected chi connectivity index (χ0v) is 13.4. The molecule has 0 saturated carbocycles. The van der Waals surface area contributed by atoms with E-state index in [2.05, 4.69) is 25.8 Å². The number of hydrogen-bond acceptors (Lipinski definition) is 3. The highest BCUT2D eigenvalue weighted by atomic mass is 35.5. The summed E-state index contributed by atoms with van der Waals surface area (Å²) in [5.74, 6) is -0.0235. The van der Waals surface area contributed by atoms with Crippen LogP contribution in [-0.2, 0) is 5.41 Å². The molecule has 0 spiro atoms. The van der Waals surface area contributed by atoms with Gasteiger partial charge in [0.05, 0.1) is 11.8 Å². The minimum Gasteiger partial charge on any atom is -0.421 e. The zero-order chi connectivity index (χ0) is 15.6. The van der Waals surface area contributed by atoms with Crippen molar-refractivity contribution in [2.24, 2.45) is 0 Å². The van der Waals surface area contributed by atoms with E-state index >= 15 is 0 Å². The summed E-state index contributed by atoms with van der Waals surface area (Å²) >= 11 is 5.69. The first kappa shape index (κ1) is 15.5. The topological polar surface area (TPSA) is 39.2 Å². The predicted octanol–water partition coefficient (Wildman–Crippen LogP) is 4.56. The second kappa shape index (κ2) is 5.86. The molecule has 0 aliphatic heterocycles.